The van der Waals surface area contributed by atoms with Crippen LogP contribution in [0, 0.1) is 5.92 Å². The van der Waals surface area contributed by atoms with Gasteiger partial charge in [0.2, 0.25) is 47.3 Å². The number of rotatable bonds is 24. The first kappa shape index (κ1) is 92.2. The number of imide groups is 4. The molecule has 0 radical (unpaired) electrons. The van der Waals surface area contributed by atoms with E-state index < -0.39 is 126 Å². The summed E-state index contributed by atoms with van der Waals surface area (Å²) in [5.41, 5.74) is 2.67. The van der Waals surface area contributed by atoms with Gasteiger partial charge in [-0.25, -0.2) is 9.97 Å². The molecule has 0 spiro atoms. The minimum Gasteiger partial charge on any atom is -0.495 e. The molecule has 712 valence electrons. The van der Waals surface area contributed by atoms with Crippen molar-refractivity contribution in [1.82, 2.24) is 65.7 Å². The number of nitrogens with one attached hydrogen (secondary N) is 6. The zero-order chi connectivity index (χ0) is 94.7. The number of likely N-dealkylation sites (tertiary alicyclic amines) is 2. The molecule has 14 amide bonds. The number of piperidine rings is 5. The quantitative estimate of drug-likeness (QED) is 0.0275. The molecule has 6 N–H and O–H groups in total. The first-order valence-corrected chi connectivity index (χ1v) is 46.2. The van der Waals surface area contributed by atoms with E-state index in [1.807, 2.05) is 9.80 Å². The van der Waals surface area contributed by atoms with Gasteiger partial charge in [0.05, 0.1) is 101 Å². The maximum Gasteiger partial charge on any atom is 0.342 e. The van der Waals surface area contributed by atoms with Gasteiger partial charge in [-0.3, -0.25) is 92.5 Å². The number of nitrogens with zero attached hydrogens (tertiary/aromatic N) is 15. The van der Waals surface area contributed by atoms with E-state index in [-0.39, 0.29) is 185 Å². The average molecular weight is 1890 g/mol. The molecule has 6 aromatic rings. The van der Waals surface area contributed by atoms with Gasteiger partial charge in [0.15, 0.2) is 11.6 Å². The molecule has 2 aromatic heterocycles. The van der Waals surface area contributed by atoms with Crippen molar-refractivity contribution < 1.29 is 98.9 Å². The SMILES string of the molecule is COc1cc(C(=O)NC2CCN(C(=O)CCN3CCN(c4cccc5c4C(=O)N(C4CCC(=O)NC4=O)C5=O)CC3)CC2)c(Cl)cc1Nc1ncc2c(n1)N(C1CCC(CN3C(=O)C(F)(F)CN(C4CCCC4)c4nc(Nc5ccc(C(=O)NC6CCN(C(=O)COC7CCN(c8cccc9c8C(=O)N(C8CCC(=O)NC8=O)C9=O)CC7)CC6)cc5OC)ncc43)C1)CC(F)(F)C(=O)N2C. The van der Waals surface area contributed by atoms with Gasteiger partial charge in [-0.15, -0.1) is 0 Å². The van der Waals surface area contributed by atoms with E-state index in [0.717, 1.165) is 32.4 Å². The number of hydrogen-bond acceptors (Lipinski definition) is 28. The van der Waals surface area contributed by atoms with Crippen LogP contribution < -0.4 is 70.8 Å². The normalized spacial score (nSPS) is 22.6. The third-order valence-electron chi connectivity index (χ3n) is 28.1. The lowest BCUT2D eigenvalue weighted by atomic mass is 10.0. The highest BCUT2D eigenvalue weighted by molar-refractivity contribution is 6.34. The zero-order valence-corrected chi connectivity index (χ0v) is 75.3. The predicted octanol–water partition coefficient (Wildman–Crippen LogP) is 6.58. The van der Waals surface area contributed by atoms with E-state index in [1.165, 1.54) is 61.7 Å². The number of amides is 14. The molecule has 12 aliphatic rings. The molecule has 38 nitrogen and oxygen atoms in total. The molecular weight excluding hydrogens is 1780 g/mol. The van der Waals surface area contributed by atoms with Crippen LogP contribution in [0.5, 0.6) is 11.5 Å². The van der Waals surface area contributed by atoms with Crippen molar-refractivity contribution in [2.45, 2.75) is 170 Å². The molecule has 135 heavy (non-hydrogen) atoms. The Bertz CT molecular complexity index is 5820. The summed E-state index contributed by atoms with van der Waals surface area (Å²) in [5.74, 6) is -17.2. The van der Waals surface area contributed by atoms with Gasteiger partial charge >= 0.3 is 11.8 Å². The van der Waals surface area contributed by atoms with Crippen LogP contribution in [-0.4, -0.2) is 301 Å². The minimum absolute atomic E-state index is 0.00475. The summed E-state index contributed by atoms with van der Waals surface area (Å²) in [7, 11) is 3.94. The molecule has 6 saturated heterocycles. The largest absolute Gasteiger partial charge is 0.495 e. The van der Waals surface area contributed by atoms with Gasteiger partial charge in [-0.05, 0) is 144 Å². The summed E-state index contributed by atoms with van der Waals surface area (Å²) in [6.45, 7) is 2.43. The number of alkyl halides is 4. The summed E-state index contributed by atoms with van der Waals surface area (Å²) in [6, 6.07) is 13.5. The molecule has 18 rings (SSSR count). The Hall–Kier alpha value is -13.3. The number of anilines is 10. The van der Waals surface area contributed by atoms with E-state index in [1.54, 1.807) is 58.3 Å². The van der Waals surface area contributed by atoms with E-state index in [0.29, 0.717) is 140 Å². The number of aromatic nitrogens is 4. The number of piperazine rings is 1. The smallest absolute Gasteiger partial charge is 0.342 e. The summed E-state index contributed by atoms with van der Waals surface area (Å²) < 4.78 is 84.1. The molecule has 2 aliphatic carbocycles. The van der Waals surface area contributed by atoms with Crippen LogP contribution in [0.2, 0.25) is 5.02 Å². The highest BCUT2D eigenvalue weighted by Crippen LogP contribution is 2.47. The first-order valence-electron chi connectivity index (χ1n) is 45.8. The van der Waals surface area contributed by atoms with E-state index in [9.17, 15) is 67.1 Å². The van der Waals surface area contributed by atoms with Crippen LogP contribution in [0.25, 0.3) is 0 Å². The summed E-state index contributed by atoms with van der Waals surface area (Å²) in [6.07, 6.45) is 8.55. The van der Waals surface area contributed by atoms with Crippen LogP contribution in [0.15, 0.2) is 79.1 Å². The van der Waals surface area contributed by atoms with Gasteiger partial charge in [-0.1, -0.05) is 36.6 Å². The van der Waals surface area contributed by atoms with Crippen LogP contribution in [0.1, 0.15) is 178 Å². The Kier molecular flexibility index (Phi) is 25.9. The number of halogens is 5. The topological polar surface area (TPSA) is 426 Å². The van der Waals surface area contributed by atoms with E-state index in [4.69, 9.17) is 35.8 Å². The third kappa shape index (κ3) is 18.5. The average Bonchev–Trinajstić information content (AvgIpc) is 1.60. The number of fused-ring (bicyclic) bond motifs is 4. The molecule has 4 unspecified atom stereocenters. The van der Waals surface area contributed by atoms with Gasteiger partial charge in [0.1, 0.15) is 41.6 Å². The lowest BCUT2D eigenvalue weighted by molar-refractivity contribution is -0.141. The van der Waals surface area contributed by atoms with Crippen LogP contribution in [0.3, 0.4) is 0 Å². The van der Waals surface area contributed by atoms with Gasteiger partial charge in [-0.2, -0.15) is 27.5 Å². The van der Waals surface area contributed by atoms with E-state index >= 15 is 17.6 Å². The fraction of sp³-hybridized carbons (Fsp3) is 0.500. The Labute approximate surface area is 777 Å². The second-order valence-electron chi connectivity index (χ2n) is 36.3. The molecule has 10 aliphatic heterocycles. The van der Waals surface area contributed by atoms with Crippen molar-refractivity contribution in [2.75, 3.05) is 160 Å². The Morgan fingerprint density at radius 2 is 1.06 bits per heavy atom. The summed E-state index contributed by atoms with van der Waals surface area (Å²) in [5, 5.41) is 16.7. The zero-order valence-electron chi connectivity index (χ0n) is 74.5. The molecule has 4 atom stereocenters. The maximum absolute atomic E-state index is 16.9. The van der Waals surface area contributed by atoms with Crippen LogP contribution in [-0.2, 0) is 43.1 Å². The lowest BCUT2D eigenvalue weighted by Gasteiger charge is -2.37. The molecule has 43 heteroatoms. The minimum atomic E-state index is -3.97. The summed E-state index contributed by atoms with van der Waals surface area (Å²) >= 11 is 6.89. The van der Waals surface area contributed by atoms with Crippen LogP contribution >= 0.6 is 11.6 Å². The molecule has 4 aromatic carbocycles. The Morgan fingerprint density at radius 1 is 0.533 bits per heavy atom. The van der Waals surface area contributed by atoms with Crippen LogP contribution in [0.4, 0.5) is 75.2 Å². The number of methoxy groups -OCH3 is 2. The molecule has 12 heterocycles. The standard InChI is InChI=1S/C92H102ClF4N21O17/c1-108-67-44-98-90(103-62-43-60(93)59(42-70(62)134-3)80(124)101-53-22-30-112(31-23-53)73(121)28-29-109-36-38-111(39-37-109)64-13-7-11-58-76(64)86(130)118(84(58)128)66-19-21-72(120)105-82(66)126)106-77(67)116(48-91(94,95)87(108)131)55-16-14-50(40-55)46-114-68-45-99-89(107-78(68)115(54-8-4-5-9-54)49-92(96,97)88(114)132)102-61-17-15-51(41-69(61)133-2)79(123)100-52-24-32-113(33-25-52)74(122)47-135-56-26-34-110(35-27-56)63-12-6-10-57-75(63)85(129)117(83(57)127)65-18-20-71(119)104-81(65)125/h6-7,10-13,15,17,41-45,50,52-56,65-66H,4-5,8-9,14,16,18-40,46-49H2,1-3H3,(H,100,123)(H,101,124)(H,98,103,106)(H,99,102,107)(H,104,119,125)(H,105,120,126). The van der Waals surface area contributed by atoms with Gasteiger partial charge in [0.25, 0.3) is 47.3 Å². The monoisotopic (exact) mass is 1880 g/mol. The fourth-order valence-electron chi connectivity index (χ4n) is 20.8. The van der Waals surface area contributed by atoms with Crippen molar-refractivity contribution in [2.24, 2.45) is 5.92 Å². The van der Waals surface area contributed by atoms with Crippen molar-refractivity contribution in [1.29, 1.82) is 0 Å². The number of carbonyl (C=O) groups is 14. The van der Waals surface area contributed by atoms with Crippen molar-refractivity contribution in [3.05, 3.63) is 118 Å². The lowest BCUT2D eigenvalue weighted by Crippen LogP contribution is -2.54. The van der Waals surface area contributed by atoms with Crippen molar-refractivity contribution in [3.63, 3.8) is 0 Å². The summed E-state index contributed by atoms with van der Waals surface area (Å²) in [4.78, 5) is 222. The number of hydrogen-bond donors (Lipinski definition) is 6. The molecule has 0 bridgehead atoms. The fourth-order valence-corrected chi connectivity index (χ4v) is 21.0. The maximum atomic E-state index is 16.9. The Balaban J connectivity index is 0.473. The first-order chi connectivity index (χ1) is 64.9. The second kappa shape index (κ2) is 37.9. The highest BCUT2D eigenvalue weighted by Gasteiger charge is 2.55. The third-order valence-corrected chi connectivity index (χ3v) is 28.4. The molecule has 8 fully saturated rings. The molecule has 2 saturated carbocycles. The van der Waals surface area contributed by atoms with Crippen molar-refractivity contribution >= 4 is 152 Å². The number of benzene rings is 4. The highest BCUT2D eigenvalue weighted by atomic mass is 35.5. The Morgan fingerprint density at radius 3 is 1.64 bits per heavy atom. The predicted molar refractivity (Wildman–Crippen MR) is 480 cm³/mol. The van der Waals surface area contributed by atoms with E-state index in [2.05, 4.69) is 46.8 Å². The molecular formula is C92H102ClF4N21O17. The number of ether oxygens (including phenoxy) is 3. The second-order valence-corrected chi connectivity index (χ2v) is 36.8. The van der Waals surface area contributed by atoms with Crippen molar-refractivity contribution in [3.8, 4) is 11.5 Å². The number of carbonyl (C=O) groups excluding carboxylic acids is 14. The van der Waals surface area contributed by atoms with Gasteiger partial charge < -0.3 is 74.7 Å². The van der Waals surface area contributed by atoms with Gasteiger partial charge in [0, 0.05) is 135 Å².